The fraction of sp³-hybridized carbons (Fsp3) is 0.438. The minimum atomic E-state index is -0.739. The molecule has 1 aliphatic rings. The smallest absolute Gasteiger partial charge is 0.313 e. The van der Waals surface area contributed by atoms with Crippen LogP contribution in [0.4, 0.5) is 11.4 Å². The molecule has 8 nitrogen and oxygen atoms in total. The second kappa shape index (κ2) is 8.99. The van der Waals surface area contributed by atoms with Crippen molar-refractivity contribution in [1.29, 1.82) is 0 Å². The number of anilines is 2. The van der Waals surface area contributed by atoms with E-state index in [0.29, 0.717) is 37.7 Å². The second-order valence-corrected chi connectivity index (χ2v) is 5.43. The number of nitrogens with zero attached hydrogens (tertiary/aromatic N) is 1. The van der Waals surface area contributed by atoms with Gasteiger partial charge in [-0.2, -0.15) is 0 Å². The molecular formula is C16H22N4O4. The average molecular weight is 334 g/mol. The summed E-state index contributed by atoms with van der Waals surface area (Å²) in [6, 6.07) is 6.60. The van der Waals surface area contributed by atoms with E-state index in [4.69, 9.17) is 4.74 Å². The minimum Gasteiger partial charge on any atom is -0.379 e. The zero-order valence-electron chi connectivity index (χ0n) is 13.6. The molecule has 0 spiro atoms. The zero-order chi connectivity index (χ0) is 17.4. The number of hydrogen-bond acceptors (Lipinski definition) is 5. The van der Waals surface area contributed by atoms with Crippen LogP contribution < -0.4 is 16.0 Å². The van der Waals surface area contributed by atoms with Crippen molar-refractivity contribution in [3.63, 3.8) is 0 Å². The van der Waals surface area contributed by atoms with E-state index >= 15 is 0 Å². The molecule has 1 heterocycles. The number of nitrogens with one attached hydrogen (secondary N) is 3. The van der Waals surface area contributed by atoms with Gasteiger partial charge in [-0.05, 0) is 18.2 Å². The molecule has 0 atom stereocenters. The van der Waals surface area contributed by atoms with Gasteiger partial charge in [0.05, 0.1) is 13.2 Å². The van der Waals surface area contributed by atoms with Crippen molar-refractivity contribution < 1.29 is 19.1 Å². The third-order valence-electron chi connectivity index (χ3n) is 3.46. The average Bonchev–Trinajstić information content (AvgIpc) is 2.55. The van der Waals surface area contributed by atoms with Crippen LogP contribution in [0.1, 0.15) is 6.92 Å². The van der Waals surface area contributed by atoms with Crippen LogP contribution in [0.15, 0.2) is 24.3 Å². The second-order valence-electron chi connectivity index (χ2n) is 5.43. The molecule has 0 aromatic heterocycles. The summed E-state index contributed by atoms with van der Waals surface area (Å²) in [4.78, 5) is 36.9. The molecule has 0 aliphatic carbocycles. The van der Waals surface area contributed by atoms with Crippen molar-refractivity contribution in [2.24, 2.45) is 0 Å². The fourth-order valence-electron chi connectivity index (χ4n) is 2.30. The summed E-state index contributed by atoms with van der Waals surface area (Å²) in [5.74, 6) is -1.63. The summed E-state index contributed by atoms with van der Waals surface area (Å²) in [7, 11) is 0. The van der Waals surface area contributed by atoms with E-state index < -0.39 is 11.8 Å². The van der Waals surface area contributed by atoms with Crippen LogP contribution in [0.25, 0.3) is 0 Å². The number of ether oxygens (including phenoxy) is 1. The maximum atomic E-state index is 11.9. The summed E-state index contributed by atoms with van der Waals surface area (Å²) in [6.07, 6.45) is 0. The number of carbonyl (C=O) groups is 3. The molecule has 1 aromatic carbocycles. The first kappa shape index (κ1) is 17.9. The van der Waals surface area contributed by atoms with Crippen LogP contribution in [-0.2, 0) is 19.1 Å². The molecule has 0 radical (unpaired) electrons. The first-order chi connectivity index (χ1) is 11.5. The molecule has 0 bridgehead atoms. The first-order valence-corrected chi connectivity index (χ1v) is 7.81. The van der Waals surface area contributed by atoms with E-state index in [-0.39, 0.29) is 5.91 Å². The van der Waals surface area contributed by atoms with Gasteiger partial charge in [0.15, 0.2) is 0 Å². The summed E-state index contributed by atoms with van der Waals surface area (Å²) in [5.41, 5.74) is 0.989. The lowest BCUT2D eigenvalue weighted by Gasteiger charge is -2.26. The number of carbonyl (C=O) groups excluding carboxylic acids is 3. The Morgan fingerprint density at radius 1 is 1.08 bits per heavy atom. The lowest BCUT2D eigenvalue weighted by molar-refractivity contribution is -0.136. The molecule has 0 unspecified atom stereocenters. The van der Waals surface area contributed by atoms with E-state index in [2.05, 4.69) is 20.9 Å². The molecule has 1 saturated heterocycles. The van der Waals surface area contributed by atoms with Gasteiger partial charge >= 0.3 is 11.8 Å². The third-order valence-corrected chi connectivity index (χ3v) is 3.46. The van der Waals surface area contributed by atoms with Crippen molar-refractivity contribution >= 4 is 29.1 Å². The van der Waals surface area contributed by atoms with E-state index in [9.17, 15) is 14.4 Å². The lowest BCUT2D eigenvalue weighted by atomic mass is 10.2. The highest BCUT2D eigenvalue weighted by Crippen LogP contribution is 2.14. The predicted octanol–water partition coefficient (Wildman–Crippen LogP) is 0.0319. The molecule has 24 heavy (non-hydrogen) atoms. The summed E-state index contributed by atoms with van der Waals surface area (Å²) in [6.45, 7) is 5.53. The topological polar surface area (TPSA) is 99.8 Å². The molecule has 1 aliphatic heterocycles. The summed E-state index contributed by atoms with van der Waals surface area (Å²) in [5, 5.41) is 7.71. The molecule has 3 amide bonds. The molecule has 8 heteroatoms. The Bertz CT molecular complexity index is 599. The molecule has 1 fully saturated rings. The Hall–Kier alpha value is -2.45. The van der Waals surface area contributed by atoms with Gasteiger partial charge < -0.3 is 20.7 Å². The van der Waals surface area contributed by atoms with Crippen molar-refractivity contribution in [3.05, 3.63) is 24.3 Å². The molecule has 3 N–H and O–H groups in total. The highest BCUT2D eigenvalue weighted by molar-refractivity contribution is 6.39. The van der Waals surface area contributed by atoms with Gasteiger partial charge in [0.2, 0.25) is 5.91 Å². The van der Waals surface area contributed by atoms with Gasteiger partial charge in [-0.3, -0.25) is 19.3 Å². The Morgan fingerprint density at radius 3 is 2.42 bits per heavy atom. The van der Waals surface area contributed by atoms with E-state index in [1.54, 1.807) is 24.3 Å². The van der Waals surface area contributed by atoms with E-state index in [1.807, 2.05) is 0 Å². The van der Waals surface area contributed by atoms with Crippen molar-refractivity contribution in [2.45, 2.75) is 6.92 Å². The number of rotatable bonds is 5. The Balaban J connectivity index is 1.76. The Kier molecular flexibility index (Phi) is 6.71. The molecule has 130 valence electrons. The highest BCUT2D eigenvalue weighted by Gasteiger charge is 2.15. The number of morpholine rings is 1. The largest absolute Gasteiger partial charge is 0.379 e. The van der Waals surface area contributed by atoms with Crippen LogP contribution >= 0.6 is 0 Å². The summed E-state index contributed by atoms with van der Waals surface area (Å²) < 4.78 is 5.25. The number of amides is 3. The molecule has 1 aromatic rings. The number of benzene rings is 1. The maximum absolute atomic E-state index is 11.9. The fourth-order valence-corrected chi connectivity index (χ4v) is 2.30. The third kappa shape index (κ3) is 5.98. The Labute approximate surface area is 140 Å². The van der Waals surface area contributed by atoms with Gasteiger partial charge in [-0.1, -0.05) is 6.07 Å². The van der Waals surface area contributed by atoms with Crippen LogP contribution in [0, 0.1) is 0 Å². The van der Waals surface area contributed by atoms with Gasteiger partial charge in [-0.15, -0.1) is 0 Å². The molecular weight excluding hydrogens is 312 g/mol. The molecule has 2 rings (SSSR count). The van der Waals surface area contributed by atoms with Gasteiger partial charge in [0.25, 0.3) is 0 Å². The minimum absolute atomic E-state index is 0.209. The van der Waals surface area contributed by atoms with Crippen LogP contribution in [0.2, 0.25) is 0 Å². The van der Waals surface area contributed by atoms with Gasteiger partial charge in [0, 0.05) is 44.5 Å². The van der Waals surface area contributed by atoms with Crippen molar-refractivity contribution in [3.8, 4) is 0 Å². The monoisotopic (exact) mass is 334 g/mol. The standard InChI is InChI=1S/C16H22N4O4/c1-12(21)18-13-3-2-4-14(11-13)19-16(23)15(22)17-5-6-20-7-9-24-10-8-20/h2-4,11H,5-10H2,1H3,(H,17,22)(H,18,21)(H,19,23). The predicted molar refractivity (Wildman–Crippen MR) is 89.6 cm³/mol. The van der Waals surface area contributed by atoms with Crippen LogP contribution in [-0.4, -0.2) is 62.0 Å². The lowest BCUT2D eigenvalue weighted by Crippen LogP contribution is -2.43. The zero-order valence-corrected chi connectivity index (χ0v) is 13.6. The normalized spacial score (nSPS) is 14.7. The van der Waals surface area contributed by atoms with Gasteiger partial charge in [0.1, 0.15) is 0 Å². The van der Waals surface area contributed by atoms with E-state index in [0.717, 1.165) is 13.1 Å². The summed E-state index contributed by atoms with van der Waals surface area (Å²) >= 11 is 0. The quantitative estimate of drug-likeness (QED) is 0.660. The molecule has 0 saturated carbocycles. The van der Waals surface area contributed by atoms with Crippen LogP contribution in [0.3, 0.4) is 0 Å². The van der Waals surface area contributed by atoms with E-state index in [1.165, 1.54) is 6.92 Å². The SMILES string of the molecule is CC(=O)Nc1cccc(NC(=O)C(=O)NCCN2CCOCC2)c1. The van der Waals surface area contributed by atoms with Gasteiger partial charge in [-0.25, -0.2) is 0 Å². The van der Waals surface area contributed by atoms with Crippen molar-refractivity contribution in [1.82, 2.24) is 10.2 Å². The first-order valence-electron chi connectivity index (χ1n) is 7.81. The Morgan fingerprint density at radius 2 is 1.75 bits per heavy atom. The highest BCUT2D eigenvalue weighted by atomic mass is 16.5. The van der Waals surface area contributed by atoms with Crippen LogP contribution in [0.5, 0.6) is 0 Å². The number of hydrogen-bond donors (Lipinski definition) is 3. The maximum Gasteiger partial charge on any atom is 0.313 e. The van der Waals surface area contributed by atoms with Crippen molar-refractivity contribution in [2.75, 3.05) is 50.0 Å².